The minimum absolute atomic E-state index is 0.902. The van der Waals surface area contributed by atoms with Gasteiger partial charge < -0.3 is 9.32 Å². The van der Waals surface area contributed by atoms with Crippen LogP contribution in [0.3, 0.4) is 0 Å². The maximum Gasteiger partial charge on any atom is 0.136 e. The van der Waals surface area contributed by atoms with E-state index >= 15 is 0 Å². The molecule has 0 saturated carbocycles. The quantitative estimate of drug-likeness (QED) is 0.154. The van der Waals surface area contributed by atoms with Crippen molar-refractivity contribution in [3.05, 3.63) is 223 Å². The molecule has 2 nitrogen and oxygen atoms in total. The Morgan fingerprint density at radius 1 is 0.276 bits per heavy atom. The Morgan fingerprint density at radius 2 is 0.569 bits per heavy atom. The van der Waals surface area contributed by atoms with Crippen molar-refractivity contribution in [3.8, 4) is 55.6 Å². The monoisotopic (exact) mass is 743 g/mol. The van der Waals surface area contributed by atoms with Gasteiger partial charge in [0, 0.05) is 27.8 Å². The highest BCUT2D eigenvalue weighted by molar-refractivity contribution is 6.05. The molecular weight excluding hydrogens is 703 g/mol. The summed E-state index contributed by atoms with van der Waals surface area (Å²) in [6.07, 6.45) is 0. The molecule has 0 saturated heterocycles. The maximum atomic E-state index is 6.23. The molecule has 1 aromatic heterocycles. The van der Waals surface area contributed by atoms with Crippen molar-refractivity contribution in [1.29, 1.82) is 0 Å². The topological polar surface area (TPSA) is 16.4 Å². The highest BCUT2D eigenvalue weighted by atomic mass is 16.3. The minimum atomic E-state index is 0.902. The molecule has 10 aromatic rings. The number of rotatable bonds is 8. The van der Waals surface area contributed by atoms with E-state index in [-0.39, 0.29) is 0 Å². The first-order valence-corrected chi connectivity index (χ1v) is 19.9. The third-order valence-corrected chi connectivity index (χ3v) is 11.3. The van der Waals surface area contributed by atoms with Crippen LogP contribution in [-0.4, -0.2) is 0 Å². The van der Waals surface area contributed by atoms with E-state index in [4.69, 9.17) is 4.42 Å². The summed E-state index contributed by atoms with van der Waals surface area (Å²) in [5, 5.41) is 2.28. The van der Waals surface area contributed by atoms with Gasteiger partial charge in [0.05, 0.1) is 0 Å². The predicted octanol–water partition coefficient (Wildman–Crippen LogP) is 16.0. The normalized spacial score (nSPS) is 11.3. The Morgan fingerprint density at radius 3 is 0.966 bits per heavy atom. The van der Waals surface area contributed by atoms with E-state index in [0.29, 0.717) is 0 Å². The van der Waals surface area contributed by atoms with Crippen LogP contribution in [0.4, 0.5) is 17.1 Å². The Balaban J connectivity index is 0.966. The zero-order valence-corrected chi connectivity index (χ0v) is 32.6. The number of nitrogens with zero attached hydrogens (tertiary/aromatic N) is 1. The number of furan rings is 1. The molecule has 0 atom stereocenters. The molecule has 276 valence electrons. The lowest BCUT2D eigenvalue weighted by Crippen LogP contribution is -2.09. The molecule has 0 aliphatic carbocycles. The minimum Gasteiger partial charge on any atom is -0.456 e. The molecular formula is C56H41NO. The molecule has 0 aliphatic heterocycles. The number of para-hydroxylation sites is 1. The van der Waals surface area contributed by atoms with Crippen LogP contribution in [0, 0.1) is 13.8 Å². The first-order valence-electron chi connectivity index (χ1n) is 19.9. The average molecular weight is 744 g/mol. The molecule has 0 fully saturated rings. The summed E-state index contributed by atoms with van der Waals surface area (Å²) in [4.78, 5) is 2.33. The second kappa shape index (κ2) is 14.9. The van der Waals surface area contributed by atoms with Gasteiger partial charge >= 0.3 is 0 Å². The van der Waals surface area contributed by atoms with Crippen molar-refractivity contribution < 1.29 is 4.42 Å². The van der Waals surface area contributed by atoms with Gasteiger partial charge in [0.2, 0.25) is 0 Å². The second-order valence-corrected chi connectivity index (χ2v) is 15.2. The van der Waals surface area contributed by atoms with Gasteiger partial charge in [-0.15, -0.1) is 0 Å². The Labute approximate surface area is 339 Å². The molecule has 58 heavy (non-hydrogen) atoms. The number of aryl methyl sites for hydroxylation is 2. The van der Waals surface area contributed by atoms with Crippen LogP contribution in [0.15, 0.2) is 217 Å². The molecule has 9 aromatic carbocycles. The molecule has 2 heteroatoms. The highest BCUT2D eigenvalue weighted by Crippen LogP contribution is 2.39. The van der Waals surface area contributed by atoms with Crippen molar-refractivity contribution in [2.45, 2.75) is 13.8 Å². The largest absolute Gasteiger partial charge is 0.456 e. The predicted molar refractivity (Wildman–Crippen MR) is 245 cm³/mol. The fourth-order valence-electron chi connectivity index (χ4n) is 7.96. The molecule has 0 spiro atoms. The van der Waals surface area contributed by atoms with Crippen molar-refractivity contribution in [2.24, 2.45) is 0 Å². The number of fused-ring (bicyclic) bond motifs is 3. The second-order valence-electron chi connectivity index (χ2n) is 15.2. The number of hydrogen-bond acceptors (Lipinski definition) is 2. The van der Waals surface area contributed by atoms with Gasteiger partial charge in [-0.3, -0.25) is 0 Å². The standard InChI is InChI=1S/C56H41NO/c1-38-7-11-40(12-8-38)42-15-19-44(20-16-42)46-23-30-50(31-24-46)57(51-32-25-47(26-33-51)45-21-17-43(18-22-45)41-13-9-39(2)10-14-41)52-34-27-48(28-35-52)49-29-36-54-53-5-3-4-6-55(53)58-56(54)37-49/h3-37H,1-2H3. The summed E-state index contributed by atoms with van der Waals surface area (Å²) >= 11 is 0. The third kappa shape index (κ3) is 6.86. The van der Waals surface area contributed by atoms with Gasteiger partial charge in [0.25, 0.3) is 0 Å². The van der Waals surface area contributed by atoms with Crippen LogP contribution in [0.1, 0.15) is 11.1 Å². The summed E-state index contributed by atoms with van der Waals surface area (Å²) in [7, 11) is 0. The zero-order chi connectivity index (χ0) is 39.0. The van der Waals surface area contributed by atoms with Crippen LogP contribution in [-0.2, 0) is 0 Å². The molecule has 0 bridgehead atoms. The number of anilines is 3. The molecule has 1 heterocycles. The fraction of sp³-hybridized carbons (Fsp3) is 0.0357. The lowest BCUT2D eigenvalue weighted by Gasteiger charge is -2.26. The summed E-state index contributed by atoms with van der Waals surface area (Å²) in [6.45, 7) is 4.25. The van der Waals surface area contributed by atoms with Crippen LogP contribution < -0.4 is 4.90 Å². The number of benzene rings is 9. The zero-order valence-electron chi connectivity index (χ0n) is 32.6. The Hall–Kier alpha value is -7.42. The average Bonchev–Trinajstić information content (AvgIpc) is 3.66. The molecule has 0 unspecified atom stereocenters. The van der Waals surface area contributed by atoms with E-state index in [1.807, 2.05) is 12.1 Å². The van der Waals surface area contributed by atoms with Crippen LogP contribution >= 0.6 is 0 Å². The Bertz CT molecular complexity index is 2860. The molecule has 10 rings (SSSR count). The molecule has 0 N–H and O–H groups in total. The molecule has 0 aliphatic rings. The van der Waals surface area contributed by atoms with Crippen LogP contribution in [0.25, 0.3) is 77.6 Å². The first-order chi connectivity index (χ1) is 28.5. The van der Waals surface area contributed by atoms with E-state index in [1.54, 1.807) is 0 Å². The maximum absolute atomic E-state index is 6.23. The van der Waals surface area contributed by atoms with E-state index in [1.165, 1.54) is 55.6 Å². The summed E-state index contributed by atoms with van der Waals surface area (Å²) in [5.74, 6) is 0. The van der Waals surface area contributed by atoms with Gasteiger partial charge in [-0.25, -0.2) is 0 Å². The van der Waals surface area contributed by atoms with Gasteiger partial charge in [0.15, 0.2) is 0 Å². The van der Waals surface area contributed by atoms with E-state index in [2.05, 4.69) is 219 Å². The molecule has 0 radical (unpaired) electrons. The van der Waals surface area contributed by atoms with Crippen molar-refractivity contribution in [1.82, 2.24) is 0 Å². The smallest absolute Gasteiger partial charge is 0.136 e. The summed E-state index contributed by atoms with van der Waals surface area (Å²) < 4.78 is 6.23. The highest BCUT2D eigenvalue weighted by Gasteiger charge is 2.15. The summed E-state index contributed by atoms with van der Waals surface area (Å²) in [5.41, 5.74) is 19.5. The van der Waals surface area contributed by atoms with Gasteiger partial charge in [-0.05, 0) is 124 Å². The van der Waals surface area contributed by atoms with Crippen molar-refractivity contribution in [3.63, 3.8) is 0 Å². The van der Waals surface area contributed by atoms with Crippen molar-refractivity contribution in [2.75, 3.05) is 4.90 Å². The van der Waals surface area contributed by atoms with E-state index < -0.39 is 0 Å². The van der Waals surface area contributed by atoms with Gasteiger partial charge in [0.1, 0.15) is 11.2 Å². The Kier molecular flexibility index (Phi) is 9.01. The van der Waals surface area contributed by atoms with Gasteiger partial charge in [-0.2, -0.15) is 0 Å². The van der Waals surface area contributed by atoms with Crippen molar-refractivity contribution >= 4 is 39.0 Å². The lowest BCUT2D eigenvalue weighted by atomic mass is 9.99. The van der Waals surface area contributed by atoms with E-state index in [9.17, 15) is 0 Å². The first kappa shape index (κ1) is 35.0. The van der Waals surface area contributed by atoms with Crippen LogP contribution in [0.5, 0.6) is 0 Å². The number of hydrogen-bond donors (Lipinski definition) is 0. The van der Waals surface area contributed by atoms with Gasteiger partial charge in [-0.1, -0.05) is 169 Å². The SMILES string of the molecule is Cc1ccc(-c2ccc(-c3ccc(N(c4ccc(-c5ccc(-c6ccc(C)cc6)cc5)cc4)c4ccc(-c5ccc6c(c5)oc5ccccc56)cc4)cc3)cc2)cc1. The summed E-state index contributed by atoms with van der Waals surface area (Å²) in [6, 6.07) is 76.5. The van der Waals surface area contributed by atoms with E-state index in [0.717, 1.165) is 50.1 Å². The van der Waals surface area contributed by atoms with Crippen LogP contribution in [0.2, 0.25) is 0 Å². The fourth-order valence-corrected chi connectivity index (χ4v) is 7.96. The lowest BCUT2D eigenvalue weighted by molar-refractivity contribution is 0.669. The molecule has 0 amide bonds. The third-order valence-electron chi connectivity index (χ3n) is 11.3.